The monoisotopic (exact) mass is 552 g/mol. The van der Waals surface area contributed by atoms with Gasteiger partial charge in [-0.2, -0.15) is 52.7 Å². The lowest BCUT2D eigenvalue weighted by Gasteiger charge is -2.44. The molecule has 6 nitrogen and oxygen atoms in total. The molecular formula is C16H8F12N2O4S. The molecule has 0 aromatic carbocycles. The van der Waals surface area contributed by atoms with Crippen LogP contribution in [0.15, 0.2) is 46.8 Å². The van der Waals surface area contributed by atoms with E-state index in [4.69, 9.17) is 0 Å². The van der Waals surface area contributed by atoms with E-state index in [0.717, 1.165) is 0 Å². The van der Waals surface area contributed by atoms with Crippen LogP contribution in [0.5, 0.6) is 0 Å². The Bertz CT molecular complexity index is 969. The molecule has 196 valence electrons. The van der Waals surface area contributed by atoms with Gasteiger partial charge in [-0.1, -0.05) is 12.2 Å². The normalized spacial score (nSPS) is 26.4. The van der Waals surface area contributed by atoms with E-state index < -0.39 is 91.2 Å². The first kappa shape index (κ1) is 28.5. The molecule has 2 aliphatic rings. The second-order valence-electron chi connectivity index (χ2n) is 7.13. The predicted octanol–water partition coefficient (Wildman–Crippen LogP) is 6.43. The molecular weight excluding hydrogens is 544 g/mol. The highest BCUT2D eigenvalue weighted by atomic mass is 32.2. The Morgan fingerprint density at radius 1 is 0.657 bits per heavy atom. The van der Waals surface area contributed by atoms with Crippen molar-refractivity contribution >= 4 is 11.8 Å². The minimum absolute atomic E-state index is 0.327. The number of allylic oxidation sites excluding steroid dienone is 4. The van der Waals surface area contributed by atoms with Crippen molar-refractivity contribution in [3.8, 4) is 0 Å². The number of nitro groups is 2. The summed E-state index contributed by atoms with van der Waals surface area (Å²) in [6, 6.07) is 0. The summed E-state index contributed by atoms with van der Waals surface area (Å²) < 4.78 is 155. The Morgan fingerprint density at radius 2 is 0.943 bits per heavy atom. The molecule has 0 N–H and O–H groups in total. The van der Waals surface area contributed by atoms with Gasteiger partial charge in [0.05, 0.1) is 9.85 Å². The van der Waals surface area contributed by atoms with Crippen molar-refractivity contribution in [3.63, 3.8) is 0 Å². The molecule has 2 rings (SSSR count). The van der Waals surface area contributed by atoms with Crippen molar-refractivity contribution in [1.29, 1.82) is 0 Å². The van der Waals surface area contributed by atoms with Crippen molar-refractivity contribution in [3.05, 3.63) is 67.1 Å². The van der Waals surface area contributed by atoms with Crippen molar-refractivity contribution < 1.29 is 62.5 Å². The van der Waals surface area contributed by atoms with Crippen molar-refractivity contribution in [1.82, 2.24) is 0 Å². The topological polar surface area (TPSA) is 86.3 Å². The average molecular weight is 552 g/mol. The fourth-order valence-electron chi connectivity index (χ4n) is 3.26. The molecule has 19 heteroatoms. The number of alkyl halides is 12. The third-order valence-corrected chi connectivity index (χ3v) is 6.67. The van der Waals surface area contributed by atoms with Crippen molar-refractivity contribution in [2.45, 2.75) is 47.0 Å². The predicted molar refractivity (Wildman–Crippen MR) is 92.8 cm³/mol. The number of rotatable bonds is 4. The van der Waals surface area contributed by atoms with Gasteiger partial charge in [-0.05, 0) is 0 Å². The highest BCUT2D eigenvalue weighted by Gasteiger charge is 2.68. The summed E-state index contributed by atoms with van der Waals surface area (Å²) in [5.41, 5.74) is -8.73. The van der Waals surface area contributed by atoms with E-state index in [-0.39, 0.29) is 24.3 Å². The molecule has 2 aliphatic carbocycles. The smallest absolute Gasteiger partial charge is 0.258 e. The molecule has 2 atom stereocenters. The molecule has 0 radical (unpaired) electrons. The lowest BCUT2D eigenvalue weighted by molar-refractivity contribution is -0.422. The van der Waals surface area contributed by atoms with Crippen LogP contribution in [0.2, 0.25) is 0 Å². The Balaban J connectivity index is 2.77. The summed E-state index contributed by atoms with van der Waals surface area (Å²) in [6.07, 6.45) is -30.0. The van der Waals surface area contributed by atoms with Gasteiger partial charge in [0.15, 0.2) is 0 Å². The summed E-state index contributed by atoms with van der Waals surface area (Å²) in [5.74, 6) is 0. The van der Waals surface area contributed by atoms with Crippen LogP contribution in [-0.2, 0) is 0 Å². The second-order valence-corrected chi connectivity index (χ2v) is 8.80. The first-order valence-electron chi connectivity index (χ1n) is 8.59. The van der Waals surface area contributed by atoms with Crippen LogP contribution in [0.25, 0.3) is 0 Å². The number of halogens is 12. The summed E-state index contributed by atoms with van der Waals surface area (Å²) in [4.78, 5) is 18.3. The van der Waals surface area contributed by atoms with Gasteiger partial charge in [-0.3, -0.25) is 20.2 Å². The zero-order chi connectivity index (χ0) is 27.4. The van der Waals surface area contributed by atoms with Crippen LogP contribution in [0.1, 0.15) is 12.8 Å². The maximum atomic E-state index is 14.0. The van der Waals surface area contributed by atoms with Crippen molar-refractivity contribution in [2.24, 2.45) is 0 Å². The number of hydrogen-bond donors (Lipinski definition) is 0. The van der Waals surface area contributed by atoms with Crippen LogP contribution < -0.4 is 0 Å². The zero-order valence-corrected chi connectivity index (χ0v) is 17.0. The molecule has 2 unspecified atom stereocenters. The Morgan fingerprint density at radius 3 is 1.14 bits per heavy atom. The first-order valence-corrected chi connectivity index (χ1v) is 9.41. The summed E-state index contributed by atoms with van der Waals surface area (Å²) in [6.45, 7) is 0. The molecule has 0 bridgehead atoms. The van der Waals surface area contributed by atoms with E-state index >= 15 is 0 Å². The third-order valence-electron chi connectivity index (χ3n) is 4.92. The minimum Gasteiger partial charge on any atom is -0.258 e. The van der Waals surface area contributed by atoms with Gasteiger partial charge in [0.1, 0.15) is 20.6 Å². The summed E-state index contributed by atoms with van der Waals surface area (Å²) >= 11 is -1.42. The standard InChI is InChI=1S/C16H8F12N2O4S/c17-13(18,19)7-5-11(15(23,24)25,3-1-9(7)29(31)32)35-12(16(26,27)28)4-2-10(30(33)34)8(6-12)14(20,21)22/h1-4H,5-6H2. The molecule has 0 saturated carbocycles. The van der Waals surface area contributed by atoms with E-state index in [1.165, 1.54) is 0 Å². The van der Waals surface area contributed by atoms with Crippen LogP contribution >= 0.6 is 11.8 Å². The van der Waals surface area contributed by atoms with Gasteiger partial charge in [-0.15, -0.1) is 11.8 Å². The third kappa shape index (κ3) is 5.27. The van der Waals surface area contributed by atoms with Gasteiger partial charge in [-0.25, -0.2) is 0 Å². The van der Waals surface area contributed by atoms with Gasteiger partial charge in [0.25, 0.3) is 11.4 Å². The van der Waals surface area contributed by atoms with Gasteiger partial charge in [0, 0.05) is 25.0 Å². The molecule has 0 aliphatic heterocycles. The largest absolute Gasteiger partial charge is 0.419 e. The van der Waals surface area contributed by atoms with Gasteiger partial charge < -0.3 is 0 Å². The molecule has 0 fully saturated rings. The van der Waals surface area contributed by atoms with Crippen LogP contribution in [0.3, 0.4) is 0 Å². The molecule has 0 aromatic heterocycles. The number of nitrogens with zero attached hydrogens (tertiary/aromatic N) is 2. The van der Waals surface area contributed by atoms with Crippen LogP contribution in [0.4, 0.5) is 52.7 Å². The molecule has 0 saturated heterocycles. The lowest BCUT2D eigenvalue weighted by Crippen LogP contribution is -2.52. The van der Waals surface area contributed by atoms with Crippen LogP contribution in [0, 0.1) is 20.2 Å². The molecule has 0 spiro atoms. The van der Waals surface area contributed by atoms with Gasteiger partial charge in [0.2, 0.25) is 0 Å². The van der Waals surface area contributed by atoms with E-state index in [0.29, 0.717) is 0 Å². The number of hydrogen-bond acceptors (Lipinski definition) is 5. The van der Waals surface area contributed by atoms with Crippen LogP contribution in [-0.4, -0.2) is 44.0 Å². The maximum Gasteiger partial charge on any atom is 0.419 e. The van der Waals surface area contributed by atoms with E-state index in [1.54, 1.807) is 0 Å². The average Bonchev–Trinajstić information content (AvgIpc) is 2.64. The van der Waals surface area contributed by atoms with E-state index in [1.807, 2.05) is 0 Å². The fourth-order valence-corrected chi connectivity index (χ4v) is 4.84. The first-order chi connectivity index (χ1) is 15.5. The fraction of sp³-hybridized carbons (Fsp3) is 0.500. The SMILES string of the molecule is O=[N+]([O-])C1=C(C(F)(F)F)CC(SC2(C(F)(F)F)C=CC([N+](=O)[O-])=C(C(F)(F)F)C2)(C(F)(F)F)C=C1. The number of thioether (sulfide) groups is 1. The van der Waals surface area contributed by atoms with E-state index in [9.17, 15) is 72.9 Å². The maximum absolute atomic E-state index is 14.0. The lowest BCUT2D eigenvalue weighted by atomic mass is 9.89. The highest BCUT2D eigenvalue weighted by molar-refractivity contribution is 8.02. The highest BCUT2D eigenvalue weighted by Crippen LogP contribution is 2.62. The molecule has 0 aromatic rings. The zero-order valence-electron chi connectivity index (χ0n) is 16.2. The quantitative estimate of drug-likeness (QED) is 0.228. The second kappa shape index (κ2) is 8.44. The Kier molecular flexibility index (Phi) is 6.87. The summed E-state index contributed by atoms with van der Waals surface area (Å²) in [5, 5.41) is 21.7. The van der Waals surface area contributed by atoms with Crippen molar-refractivity contribution in [2.75, 3.05) is 0 Å². The Labute approximate surface area is 189 Å². The molecule has 0 amide bonds. The molecule has 0 heterocycles. The minimum atomic E-state index is -6.01. The molecule has 35 heavy (non-hydrogen) atoms. The van der Waals surface area contributed by atoms with Gasteiger partial charge >= 0.3 is 24.7 Å². The Hall–Kier alpha value is -2.73. The van der Waals surface area contributed by atoms with E-state index in [2.05, 4.69) is 0 Å². The summed E-state index contributed by atoms with van der Waals surface area (Å²) in [7, 11) is 0.